The second-order valence-corrected chi connectivity index (χ2v) is 4.23. The van der Waals surface area contributed by atoms with Crippen molar-refractivity contribution in [2.45, 2.75) is 19.8 Å². The van der Waals surface area contributed by atoms with E-state index in [1.165, 1.54) is 0 Å². The highest BCUT2D eigenvalue weighted by Crippen LogP contribution is 2.24. The highest BCUT2D eigenvalue weighted by atomic mass is 32.1. The largest absolute Gasteiger partial charge is 0.266 e. The molecular weight excluding hydrogens is 282 g/mol. The lowest BCUT2D eigenvalue weighted by Gasteiger charge is -2.09. The summed E-state index contributed by atoms with van der Waals surface area (Å²) >= 11 is 4.84. The summed E-state index contributed by atoms with van der Waals surface area (Å²) in [4.78, 5) is 0. The number of hydrogen-bond donors (Lipinski definition) is 1. The predicted octanol–water partition coefficient (Wildman–Crippen LogP) is 3.44. The van der Waals surface area contributed by atoms with Gasteiger partial charge >= 0.3 is 0 Å². The topological polar surface area (TPSA) is 33.6 Å². The Balaban J connectivity index is 2.79. The fraction of sp³-hybridized carbons (Fsp3) is 0.273. The molecule has 0 saturated carbocycles. The summed E-state index contributed by atoms with van der Waals surface area (Å²) in [5.41, 5.74) is -0.889. The van der Waals surface area contributed by atoms with Gasteiger partial charge in [0.2, 0.25) is 0 Å². The lowest BCUT2D eigenvalue weighted by molar-refractivity contribution is 0.446. The minimum absolute atomic E-state index is 0.133. The molecule has 0 saturated heterocycles. The van der Waals surface area contributed by atoms with Gasteiger partial charge in [-0.25, -0.2) is 17.6 Å². The van der Waals surface area contributed by atoms with Crippen molar-refractivity contribution in [3.63, 3.8) is 0 Å². The first kappa shape index (κ1) is 13.7. The van der Waals surface area contributed by atoms with E-state index in [1.807, 2.05) is 6.92 Å². The molecule has 0 aliphatic rings. The first-order valence-corrected chi connectivity index (χ1v) is 5.87. The number of aryl methyl sites for hydroxylation is 1. The molecule has 0 bridgehead atoms. The summed E-state index contributed by atoms with van der Waals surface area (Å²) in [5.74, 6) is -5.78. The van der Waals surface area contributed by atoms with Crippen LogP contribution in [0.5, 0.6) is 0 Å². The highest BCUT2D eigenvalue weighted by Gasteiger charge is 2.23. The summed E-state index contributed by atoms with van der Waals surface area (Å²) in [6.07, 6.45) is 0.977. The van der Waals surface area contributed by atoms with Crippen LogP contribution in [0.4, 0.5) is 17.6 Å². The Morgan fingerprint density at radius 2 is 1.79 bits per heavy atom. The van der Waals surface area contributed by atoms with Crippen LogP contribution in [0.2, 0.25) is 0 Å². The zero-order chi connectivity index (χ0) is 14.2. The Morgan fingerprint density at radius 1 is 1.21 bits per heavy atom. The molecule has 19 heavy (non-hydrogen) atoms. The van der Waals surface area contributed by atoms with E-state index in [-0.39, 0.29) is 16.7 Å². The van der Waals surface area contributed by atoms with E-state index in [4.69, 9.17) is 12.2 Å². The molecule has 0 unspecified atom stereocenters. The monoisotopic (exact) mass is 291 g/mol. The first-order valence-electron chi connectivity index (χ1n) is 5.47. The van der Waals surface area contributed by atoms with E-state index in [9.17, 15) is 17.6 Å². The molecule has 0 radical (unpaired) electrons. The Labute approximate surface area is 110 Å². The molecule has 0 aliphatic carbocycles. The molecule has 0 atom stereocenters. The summed E-state index contributed by atoms with van der Waals surface area (Å²) in [6, 6.07) is 0.150. The molecule has 0 amide bonds. The maximum atomic E-state index is 13.7. The number of hydrogen-bond acceptors (Lipinski definition) is 2. The van der Waals surface area contributed by atoms with Crippen molar-refractivity contribution >= 4 is 12.2 Å². The Kier molecular flexibility index (Phi) is 3.70. The molecule has 1 aromatic carbocycles. The average Bonchev–Trinajstić information content (AvgIpc) is 2.70. The van der Waals surface area contributed by atoms with E-state index in [0.717, 1.165) is 4.57 Å². The second kappa shape index (κ2) is 5.12. The lowest BCUT2D eigenvalue weighted by atomic mass is 10.2. The zero-order valence-electron chi connectivity index (χ0n) is 9.81. The quantitative estimate of drug-likeness (QED) is 0.534. The predicted molar refractivity (Wildman–Crippen MR) is 62.6 cm³/mol. The lowest BCUT2D eigenvalue weighted by Crippen LogP contribution is -2.09. The van der Waals surface area contributed by atoms with Gasteiger partial charge in [0, 0.05) is 12.5 Å². The molecule has 3 nitrogen and oxygen atoms in total. The smallest absolute Gasteiger partial charge is 0.200 e. The standard InChI is InChI=1S/C11H9F4N3S/c1-2-3-7-16-17-11(19)18(7)10-8(14)5(12)4-6(13)9(10)15/h4H,2-3H2,1H3,(H,17,19). The van der Waals surface area contributed by atoms with E-state index >= 15 is 0 Å². The number of nitrogens with one attached hydrogen (secondary N) is 1. The molecule has 2 rings (SSSR count). The van der Waals surface area contributed by atoms with Crippen molar-refractivity contribution in [1.82, 2.24) is 14.8 Å². The number of benzene rings is 1. The van der Waals surface area contributed by atoms with Crippen molar-refractivity contribution in [2.24, 2.45) is 0 Å². The SMILES string of the molecule is CCCc1n[nH]c(=S)n1-c1c(F)c(F)cc(F)c1F. The summed E-state index contributed by atoms with van der Waals surface area (Å²) in [7, 11) is 0. The number of halogens is 4. The van der Waals surface area contributed by atoms with Gasteiger partial charge in [-0.2, -0.15) is 5.10 Å². The van der Waals surface area contributed by atoms with Gasteiger partial charge in [-0.3, -0.25) is 9.67 Å². The third kappa shape index (κ3) is 2.27. The van der Waals surface area contributed by atoms with Crippen LogP contribution in [-0.2, 0) is 6.42 Å². The number of H-pyrrole nitrogens is 1. The first-order chi connectivity index (χ1) is 8.97. The minimum atomic E-state index is -1.51. The third-order valence-electron chi connectivity index (χ3n) is 2.53. The van der Waals surface area contributed by atoms with Crippen LogP contribution in [-0.4, -0.2) is 14.8 Å². The molecule has 0 aliphatic heterocycles. The van der Waals surface area contributed by atoms with Gasteiger partial charge in [0.25, 0.3) is 0 Å². The Morgan fingerprint density at radius 3 is 2.32 bits per heavy atom. The third-order valence-corrected chi connectivity index (χ3v) is 2.80. The average molecular weight is 291 g/mol. The van der Waals surface area contributed by atoms with Crippen LogP contribution in [0.3, 0.4) is 0 Å². The van der Waals surface area contributed by atoms with Gasteiger partial charge in [-0.15, -0.1) is 0 Å². The number of rotatable bonds is 3. The van der Waals surface area contributed by atoms with Crippen molar-refractivity contribution in [1.29, 1.82) is 0 Å². The van der Waals surface area contributed by atoms with Gasteiger partial charge in [0.15, 0.2) is 28.0 Å². The summed E-state index contributed by atoms with van der Waals surface area (Å²) in [6.45, 7) is 1.82. The number of aromatic nitrogens is 3. The molecule has 102 valence electrons. The van der Waals surface area contributed by atoms with Crippen LogP contribution >= 0.6 is 12.2 Å². The van der Waals surface area contributed by atoms with Crippen molar-refractivity contribution in [2.75, 3.05) is 0 Å². The Bertz CT molecular complexity index is 651. The summed E-state index contributed by atoms with van der Waals surface area (Å²) in [5, 5.41) is 6.14. The molecular formula is C11H9F4N3S. The zero-order valence-corrected chi connectivity index (χ0v) is 10.6. The van der Waals surface area contributed by atoms with Crippen LogP contribution in [0.15, 0.2) is 6.07 Å². The molecule has 1 N–H and O–H groups in total. The van der Waals surface area contributed by atoms with Gasteiger partial charge in [0.1, 0.15) is 11.5 Å². The molecule has 0 spiro atoms. The van der Waals surface area contributed by atoms with Crippen LogP contribution in [0.1, 0.15) is 19.2 Å². The van der Waals surface area contributed by atoms with Crippen molar-refractivity contribution < 1.29 is 17.6 Å². The number of nitrogens with zero attached hydrogens (tertiary/aromatic N) is 2. The van der Waals surface area contributed by atoms with E-state index in [0.29, 0.717) is 12.8 Å². The van der Waals surface area contributed by atoms with Crippen molar-refractivity contribution in [3.05, 3.63) is 39.9 Å². The molecule has 2 aromatic rings. The molecule has 1 aromatic heterocycles. The normalized spacial score (nSPS) is 11.0. The minimum Gasteiger partial charge on any atom is -0.266 e. The molecule has 0 fully saturated rings. The van der Waals surface area contributed by atoms with Gasteiger partial charge in [-0.05, 0) is 18.6 Å². The Hall–Kier alpha value is -1.70. The van der Waals surface area contributed by atoms with E-state index in [1.54, 1.807) is 0 Å². The van der Waals surface area contributed by atoms with Crippen LogP contribution in [0, 0.1) is 28.0 Å². The maximum Gasteiger partial charge on any atom is 0.200 e. The van der Waals surface area contributed by atoms with E-state index < -0.39 is 29.0 Å². The fourth-order valence-electron chi connectivity index (χ4n) is 1.71. The summed E-state index contributed by atoms with van der Waals surface area (Å²) < 4.78 is 54.6. The van der Waals surface area contributed by atoms with Gasteiger partial charge < -0.3 is 0 Å². The van der Waals surface area contributed by atoms with Crippen LogP contribution in [0.25, 0.3) is 5.69 Å². The van der Waals surface area contributed by atoms with Crippen LogP contribution < -0.4 is 0 Å². The second-order valence-electron chi connectivity index (χ2n) is 3.85. The highest BCUT2D eigenvalue weighted by molar-refractivity contribution is 7.71. The fourth-order valence-corrected chi connectivity index (χ4v) is 1.95. The van der Waals surface area contributed by atoms with E-state index in [2.05, 4.69) is 10.2 Å². The molecule has 1 heterocycles. The van der Waals surface area contributed by atoms with Gasteiger partial charge in [-0.1, -0.05) is 6.92 Å². The number of aromatic amines is 1. The van der Waals surface area contributed by atoms with Crippen molar-refractivity contribution in [3.8, 4) is 5.69 Å². The molecule has 8 heteroatoms. The maximum absolute atomic E-state index is 13.7. The van der Waals surface area contributed by atoms with Gasteiger partial charge in [0.05, 0.1) is 0 Å².